The van der Waals surface area contributed by atoms with Gasteiger partial charge in [-0.3, -0.25) is 5.10 Å². The number of fused-ring (bicyclic) bond motifs is 1. The molecule has 30 heavy (non-hydrogen) atoms. The molecular formula is C22H19N7O. The quantitative estimate of drug-likeness (QED) is 0.458. The summed E-state index contributed by atoms with van der Waals surface area (Å²) >= 11 is 0. The average molecular weight is 397 g/mol. The fourth-order valence-electron chi connectivity index (χ4n) is 3.33. The number of anilines is 2. The fourth-order valence-corrected chi connectivity index (χ4v) is 3.33. The first-order valence-electron chi connectivity index (χ1n) is 9.70. The van der Waals surface area contributed by atoms with Gasteiger partial charge in [-0.25, -0.2) is 9.97 Å². The van der Waals surface area contributed by atoms with E-state index in [0.717, 1.165) is 40.9 Å². The number of ether oxygens (including phenoxy) is 1. The molecule has 0 unspecified atom stereocenters. The molecular weight excluding hydrogens is 378 g/mol. The second-order valence-electron chi connectivity index (χ2n) is 7.22. The van der Waals surface area contributed by atoms with Crippen molar-refractivity contribution in [3.05, 3.63) is 60.6 Å². The lowest BCUT2D eigenvalue weighted by Gasteiger charge is -2.27. The summed E-state index contributed by atoms with van der Waals surface area (Å²) in [5, 5.41) is 24.9. The molecule has 0 aliphatic carbocycles. The second-order valence-corrected chi connectivity index (χ2v) is 7.22. The molecule has 0 saturated carbocycles. The van der Waals surface area contributed by atoms with Crippen LogP contribution in [0.4, 0.5) is 11.6 Å². The molecule has 1 saturated heterocycles. The van der Waals surface area contributed by atoms with Crippen LogP contribution in [0.1, 0.15) is 5.69 Å². The summed E-state index contributed by atoms with van der Waals surface area (Å²) in [4.78, 5) is 8.18. The van der Waals surface area contributed by atoms with Crippen LogP contribution < -0.4 is 15.4 Å². The number of aromatic amines is 1. The third kappa shape index (κ3) is 3.66. The topological polar surface area (TPSA) is 112 Å². The van der Waals surface area contributed by atoms with Crippen LogP contribution in [-0.2, 0) is 0 Å². The standard InChI is InChI=1S/C22H19N7O/c23-8-17-11-26-22(12-25-17)27-21-7-19(28-29-21)18-5-15-3-1-2-4-16(15)6-20(18)30-13-14-9-24-10-14/h1-7,11-12,14,24H,9-10,13H2,(H2,26,27,28,29). The maximum absolute atomic E-state index is 8.84. The second kappa shape index (κ2) is 7.81. The van der Waals surface area contributed by atoms with Gasteiger partial charge in [-0.05, 0) is 22.9 Å². The Kier molecular flexibility index (Phi) is 4.71. The van der Waals surface area contributed by atoms with Crippen LogP contribution in [0.15, 0.2) is 54.9 Å². The summed E-state index contributed by atoms with van der Waals surface area (Å²) < 4.78 is 6.20. The molecule has 0 atom stereocenters. The third-order valence-corrected chi connectivity index (χ3v) is 5.08. The number of nitrogens with zero attached hydrogens (tertiary/aromatic N) is 4. The Morgan fingerprint density at radius 3 is 2.60 bits per heavy atom. The molecule has 0 spiro atoms. The van der Waals surface area contributed by atoms with Crippen molar-refractivity contribution in [2.24, 2.45) is 5.92 Å². The predicted molar refractivity (Wildman–Crippen MR) is 113 cm³/mol. The van der Waals surface area contributed by atoms with Crippen LogP contribution in [0.3, 0.4) is 0 Å². The SMILES string of the molecule is N#Cc1cnc(Nc2cc(-c3cc4ccccc4cc3OCC3CNC3)[nH]n2)cn1. The molecule has 1 aliphatic heterocycles. The first kappa shape index (κ1) is 18.1. The monoisotopic (exact) mass is 397 g/mol. The van der Waals surface area contributed by atoms with Crippen molar-refractivity contribution in [3.8, 4) is 23.1 Å². The predicted octanol–water partition coefficient (Wildman–Crippen LogP) is 3.23. The van der Waals surface area contributed by atoms with Gasteiger partial charge in [0, 0.05) is 30.6 Å². The van der Waals surface area contributed by atoms with Gasteiger partial charge in [-0.15, -0.1) is 0 Å². The normalized spacial score (nSPS) is 13.6. The van der Waals surface area contributed by atoms with Gasteiger partial charge in [-0.1, -0.05) is 24.3 Å². The zero-order chi connectivity index (χ0) is 20.3. The number of H-pyrrole nitrogens is 1. The summed E-state index contributed by atoms with van der Waals surface area (Å²) in [6.07, 6.45) is 2.92. The number of aromatic nitrogens is 4. The molecule has 2 aromatic heterocycles. The van der Waals surface area contributed by atoms with E-state index in [2.05, 4.69) is 55.1 Å². The van der Waals surface area contributed by atoms with Gasteiger partial charge in [0.15, 0.2) is 11.5 Å². The Labute approximate surface area is 172 Å². The van der Waals surface area contributed by atoms with E-state index < -0.39 is 0 Å². The van der Waals surface area contributed by atoms with Gasteiger partial charge < -0.3 is 15.4 Å². The van der Waals surface area contributed by atoms with E-state index in [9.17, 15) is 0 Å². The Balaban J connectivity index is 1.44. The molecule has 8 nitrogen and oxygen atoms in total. The van der Waals surface area contributed by atoms with Gasteiger partial charge >= 0.3 is 0 Å². The highest BCUT2D eigenvalue weighted by atomic mass is 16.5. The summed E-state index contributed by atoms with van der Waals surface area (Å²) in [6, 6.07) is 16.3. The lowest BCUT2D eigenvalue weighted by molar-refractivity contribution is 0.200. The van der Waals surface area contributed by atoms with Crippen LogP contribution in [0, 0.1) is 17.2 Å². The molecule has 0 radical (unpaired) electrons. The van der Waals surface area contributed by atoms with Crippen molar-refractivity contribution in [1.82, 2.24) is 25.5 Å². The molecule has 0 amide bonds. The van der Waals surface area contributed by atoms with E-state index in [1.54, 1.807) is 0 Å². The minimum atomic E-state index is 0.267. The lowest BCUT2D eigenvalue weighted by atomic mass is 10.0. The minimum Gasteiger partial charge on any atom is -0.492 e. The van der Waals surface area contributed by atoms with Gasteiger partial charge in [0.2, 0.25) is 0 Å². The minimum absolute atomic E-state index is 0.267. The molecule has 2 aromatic carbocycles. The van der Waals surface area contributed by atoms with Crippen molar-refractivity contribution in [2.75, 3.05) is 25.0 Å². The van der Waals surface area contributed by atoms with Crippen LogP contribution in [0.25, 0.3) is 22.0 Å². The van der Waals surface area contributed by atoms with E-state index >= 15 is 0 Å². The summed E-state index contributed by atoms with van der Waals surface area (Å²) in [6.45, 7) is 2.66. The number of benzene rings is 2. The number of nitriles is 1. The molecule has 8 heteroatoms. The van der Waals surface area contributed by atoms with Crippen LogP contribution in [0.5, 0.6) is 5.75 Å². The molecule has 1 fully saturated rings. The number of hydrogen-bond donors (Lipinski definition) is 3. The van der Waals surface area contributed by atoms with Crippen molar-refractivity contribution in [2.45, 2.75) is 0 Å². The average Bonchev–Trinajstić information content (AvgIpc) is 3.21. The van der Waals surface area contributed by atoms with E-state index in [4.69, 9.17) is 10.00 Å². The van der Waals surface area contributed by atoms with Crippen LogP contribution >= 0.6 is 0 Å². The molecule has 3 N–H and O–H groups in total. The zero-order valence-corrected chi connectivity index (χ0v) is 16.1. The summed E-state index contributed by atoms with van der Waals surface area (Å²) in [7, 11) is 0. The van der Waals surface area contributed by atoms with E-state index in [-0.39, 0.29) is 5.69 Å². The first-order chi connectivity index (χ1) is 14.8. The highest BCUT2D eigenvalue weighted by Gasteiger charge is 2.19. The smallest absolute Gasteiger partial charge is 0.158 e. The number of nitrogens with one attached hydrogen (secondary N) is 3. The lowest BCUT2D eigenvalue weighted by Crippen LogP contribution is -2.45. The van der Waals surface area contributed by atoms with Crippen molar-refractivity contribution < 1.29 is 4.74 Å². The van der Waals surface area contributed by atoms with Gasteiger partial charge in [0.05, 0.1) is 24.7 Å². The van der Waals surface area contributed by atoms with E-state index in [1.165, 1.54) is 12.4 Å². The number of hydrogen-bond acceptors (Lipinski definition) is 7. The van der Waals surface area contributed by atoms with Crippen LogP contribution in [0.2, 0.25) is 0 Å². The fraction of sp³-hybridized carbons (Fsp3) is 0.182. The van der Waals surface area contributed by atoms with E-state index in [0.29, 0.717) is 24.2 Å². The largest absolute Gasteiger partial charge is 0.492 e. The van der Waals surface area contributed by atoms with E-state index in [1.807, 2.05) is 24.3 Å². The highest BCUT2D eigenvalue weighted by Crippen LogP contribution is 2.35. The summed E-state index contributed by atoms with van der Waals surface area (Å²) in [5.41, 5.74) is 2.06. The molecule has 4 aromatic rings. The zero-order valence-electron chi connectivity index (χ0n) is 16.1. The molecule has 0 bridgehead atoms. The third-order valence-electron chi connectivity index (χ3n) is 5.08. The Bertz CT molecular complexity index is 1220. The molecule has 1 aliphatic rings. The van der Waals surface area contributed by atoms with Crippen molar-refractivity contribution in [1.29, 1.82) is 5.26 Å². The van der Waals surface area contributed by atoms with Crippen molar-refractivity contribution >= 4 is 22.4 Å². The highest BCUT2D eigenvalue weighted by molar-refractivity contribution is 5.90. The molecule has 5 rings (SSSR count). The summed E-state index contributed by atoms with van der Waals surface area (Å²) in [5.74, 6) is 2.48. The Morgan fingerprint density at radius 1 is 1.07 bits per heavy atom. The van der Waals surface area contributed by atoms with Crippen LogP contribution in [-0.4, -0.2) is 39.9 Å². The maximum Gasteiger partial charge on any atom is 0.158 e. The number of rotatable bonds is 6. The molecule has 3 heterocycles. The Morgan fingerprint density at radius 2 is 1.90 bits per heavy atom. The maximum atomic E-state index is 8.84. The van der Waals surface area contributed by atoms with Gasteiger partial charge in [0.1, 0.15) is 17.6 Å². The van der Waals surface area contributed by atoms with Crippen molar-refractivity contribution in [3.63, 3.8) is 0 Å². The van der Waals surface area contributed by atoms with Gasteiger partial charge in [0.25, 0.3) is 0 Å². The Hall–Kier alpha value is -3.96. The molecule has 148 valence electrons. The first-order valence-corrected chi connectivity index (χ1v) is 9.70. The van der Waals surface area contributed by atoms with Gasteiger partial charge in [-0.2, -0.15) is 10.4 Å².